The second-order valence-electron chi connectivity index (χ2n) is 4.86. The van der Waals surface area contributed by atoms with E-state index in [4.69, 9.17) is 5.73 Å². The van der Waals surface area contributed by atoms with Gasteiger partial charge in [0.05, 0.1) is 11.9 Å². The molecule has 2 heterocycles. The average molecular weight is 209 g/mol. The largest absolute Gasteiger partial charge is 0.387 e. The first-order chi connectivity index (χ1) is 7.34. The number of hydrogen-bond donors (Lipinski definition) is 1. The minimum atomic E-state index is 0.507. The highest BCUT2D eigenvalue weighted by Crippen LogP contribution is 2.16. The number of amidine groups is 1. The van der Waals surface area contributed by atoms with Crippen molar-refractivity contribution >= 4 is 5.84 Å². The van der Waals surface area contributed by atoms with Crippen LogP contribution in [0.2, 0.25) is 0 Å². The van der Waals surface area contributed by atoms with Crippen molar-refractivity contribution in [2.24, 2.45) is 10.7 Å². The molecule has 3 heteroatoms. The SMILES string of the molecule is NC1=NC(CCN2CCCC2)CCCC1. The quantitative estimate of drug-likeness (QED) is 0.769. The van der Waals surface area contributed by atoms with Crippen molar-refractivity contribution in [2.45, 2.75) is 51.0 Å². The summed E-state index contributed by atoms with van der Waals surface area (Å²) in [5.41, 5.74) is 5.85. The molecule has 15 heavy (non-hydrogen) atoms. The van der Waals surface area contributed by atoms with Crippen LogP contribution >= 0.6 is 0 Å². The van der Waals surface area contributed by atoms with Crippen LogP contribution in [0.5, 0.6) is 0 Å². The third-order valence-corrected chi connectivity index (χ3v) is 3.55. The first-order valence-corrected chi connectivity index (χ1v) is 6.39. The molecular formula is C12H23N3. The van der Waals surface area contributed by atoms with Crippen LogP contribution in [0.25, 0.3) is 0 Å². The molecule has 0 amide bonds. The third kappa shape index (κ3) is 3.49. The van der Waals surface area contributed by atoms with Gasteiger partial charge in [-0.05, 0) is 45.2 Å². The summed E-state index contributed by atoms with van der Waals surface area (Å²) in [5.74, 6) is 0.888. The van der Waals surface area contributed by atoms with Gasteiger partial charge in [-0.25, -0.2) is 0 Å². The van der Waals surface area contributed by atoms with Gasteiger partial charge in [-0.2, -0.15) is 0 Å². The van der Waals surface area contributed by atoms with Crippen LogP contribution in [0.4, 0.5) is 0 Å². The Labute approximate surface area is 92.7 Å². The van der Waals surface area contributed by atoms with E-state index < -0.39 is 0 Å². The molecule has 0 spiro atoms. The van der Waals surface area contributed by atoms with Gasteiger partial charge in [0, 0.05) is 13.0 Å². The van der Waals surface area contributed by atoms with Gasteiger partial charge in [-0.15, -0.1) is 0 Å². The zero-order valence-electron chi connectivity index (χ0n) is 9.62. The van der Waals surface area contributed by atoms with E-state index in [9.17, 15) is 0 Å². The molecule has 1 unspecified atom stereocenters. The summed E-state index contributed by atoms with van der Waals surface area (Å²) in [4.78, 5) is 7.17. The van der Waals surface area contributed by atoms with Crippen molar-refractivity contribution in [3.8, 4) is 0 Å². The summed E-state index contributed by atoms with van der Waals surface area (Å²) in [5, 5.41) is 0. The Kier molecular flexibility index (Phi) is 4.01. The van der Waals surface area contributed by atoms with E-state index in [1.54, 1.807) is 0 Å². The van der Waals surface area contributed by atoms with Gasteiger partial charge in [0.15, 0.2) is 0 Å². The fourth-order valence-corrected chi connectivity index (χ4v) is 2.60. The minimum Gasteiger partial charge on any atom is -0.387 e. The first-order valence-electron chi connectivity index (χ1n) is 6.39. The Hall–Kier alpha value is -0.570. The topological polar surface area (TPSA) is 41.6 Å². The van der Waals surface area contributed by atoms with Gasteiger partial charge in [0.25, 0.3) is 0 Å². The highest BCUT2D eigenvalue weighted by molar-refractivity contribution is 5.80. The van der Waals surface area contributed by atoms with Crippen LogP contribution in [-0.4, -0.2) is 36.4 Å². The lowest BCUT2D eigenvalue weighted by molar-refractivity contribution is 0.318. The van der Waals surface area contributed by atoms with Crippen LogP contribution in [0.15, 0.2) is 4.99 Å². The smallest absolute Gasteiger partial charge is 0.0940 e. The second kappa shape index (κ2) is 5.50. The lowest BCUT2D eigenvalue weighted by Gasteiger charge is -2.17. The molecule has 1 fully saturated rings. The van der Waals surface area contributed by atoms with Crippen LogP contribution in [0.1, 0.15) is 44.9 Å². The maximum Gasteiger partial charge on any atom is 0.0940 e. The molecule has 2 aliphatic heterocycles. The molecule has 0 radical (unpaired) electrons. The maximum atomic E-state index is 5.85. The van der Waals surface area contributed by atoms with Crippen LogP contribution in [-0.2, 0) is 0 Å². The normalized spacial score (nSPS) is 28.8. The molecule has 0 saturated carbocycles. The molecule has 0 aromatic carbocycles. The van der Waals surface area contributed by atoms with Crippen molar-refractivity contribution in [3.63, 3.8) is 0 Å². The van der Waals surface area contributed by atoms with E-state index in [2.05, 4.69) is 9.89 Å². The van der Waals surface area contributed by atoms with Crippen molar-refractivity contribution in [2.75, 3.05) is 19.6 Å². The standard InChI is InChI=1S/C12H23N3/c13-12-6-2-1-5-11(14-12)7-10-15-8-3-4-9-15/h11H,1-10H2,(H2,13,14). The Balaban J connectivity index is 1.74. The highest BCUT2D eigenvalue weighted by atomic mass is 15.1. The molecule has 2 rings (SSSR count). The van der Waals surface area contributed by atoms with Crippen LogP contribution in [0.3, 0.4) is 0 Å². The zero-order chi connectivity index (χ0) is 10.5. The van der Waals surface area contributed by atoms with Crippen molar-refractivity contribution < 1.29 is 0 Å². The summed E-state index contributed by atoms with van der Waals surface area (Å²) in [6.07, 6.45) is 8.77. The van der Waals surface area contributed by atoms with Gasteiger partial charge in [-0.1, -0.05) is 6.42 Å². The number of aliphatic imine (C=N–C) groups is 1. The highest BCUT2D eigenvalue weighted by Gasteiger charge is 2.15. The molecule has 2 aliphatic rings. The number of hydrogen-bond acceptors (Lipinski definition) is 3. The second-order valence-corrected chi connectivity index (χ2v) is 4.86. The molecule has 2 N–H and O–H groups in total. The van der Waals surface area contributed by atoms with E-state index in [1.807, 2.05) is 0 Å². The number of rotatable bonds is 3. The van der Waals surface area contributed by atoms with Gasteiger partial charge >= 0.3 is 0 Å². The zero-order valence-corrected chi connectivity index (χ0v) is 9.62. The van der Waals surface area contributed by atoms with Gasteiger partial charge in [-0.3, -0.25) is 4.99 Å². The Morgan fingerprint density at radius 1 is 1.20 bits per heavy atom. The number of likely N-dealkylation sites (tertiary alicyclic amines) is 1. The van der Waals surface area contributed by atoms with E-state index >= 15 is 0 Å². The minimum absolute atomic E-state index is 0.507. The number of nitrogens with zero attached hydrogens (tertiary/aromatic N) is 2. The summed E-state index contributed by atoms with van der Waals surface area (Å²) in [7, 11) is 0. The molecule has 0 aromatic rings. The summed E-state index contributed by atoms with van der Waals surface area (Å²) in [6, 6.07) is 0.507. The third-order valence-electron chi connectivity index (χ3n) is 3.55. The molecule has 0 aromatic heterocycles. The molecule has 0 aliphatic carbocycles. The maximum absolute atomic E-state index is 5.85. The lowest BCUT2D eigenvalue weighted by Crippen LogP contribution is -2.24. The van der Waals surface area contributed by atoms with Crippen LogP contribution < -0.4 is 5.73 Å². The Morgan fingerprint density at radius 2 is 2.00 bits per heavy atom. The van der Waals surface area contributed by atoms with Gasteiger partial charge in [0.2, 0.25) is 0 Å². The molecule has 86 valence electrons. The summed E-state index contributed by atoms with van der Waals surface area (Å²) in [6.45, 7) is 3.82. The van der Waals surface area contributed by atoms with Crippen molar-refractivity contribution in [3.05, 3.63) is 0 Å². The average Bonchev–Trinajstić information content (AvgIpc) is 2.65. The predicted molar refractivity (Wildman–Crippen MR) is 64.2 cm³/mol. The fourth-order valence-electron chi connectivity index (χ4n) is 2.60. The molecular weight excluding hydrogens is 186 g/mol. The Bertz CT molecular complexity index is 219. The molecule has 1 atom stereocenters. The van der Waals surface area contributed by atoms with E-state index in [0.717, 1.165) is 12.3 Å². The van der Waals surface area contributed by atoms with Crippen LogP contribution in [0, 0.1) is 0 Å². The monoisotopic (exact) mass is 209 g/mol. The number of nitrogens with two attached hydrogens (primary N) is 1. The molecule has 1 saturated heterocycles. The Morgan fingerprint density at radius 3 is 2.80 bits per heavy atom. The van der Waals surface area contributed by atoms with Gasteiger partial charge in [0.1, 0.15) is 0 Å². The summed E-state index contributed by atoms with van der Waals surface area (Å²) >= 11 is 0. The van der Waals surface area contributed by atoms with Crippen molar-refractivity contribution in [1.29, 1.82) is 0 Å². The van der Waals surface area contributed by atoms with E-state index in [-0.39, 0.29) is 0 Å². The first kappa shape index (κ1) is 10.9. The molecule has 3 nitrogen and oxygen atoms in total. The van der Waals surface area contributed by atoms with E-state index in [0.29, 0.717) is 6.04 Å². The predicted octanol–water partition coefficient (Wildman–Crippen LogP) is 1.77. The summed E-state index contributed by atoms with van der Waals surface area (Å²) < 4.78 is 0. The van der Waals surface area contributed by atoms with E-state index in [1.165, 1.54) is 58.2 Å². The molecule has 0 bridgehead atoms. The fraction of sp³-hybridized carbons (Fsp3) is 0.917. The van der Waals surface area contributed by atoms with Gasteiger partial charge < -0.3 is 10.6 Å². The lowest BCUT2D eigenvalue weighted by atomic mass is 10.1. The van der Waals surface area contributed by atoms with Crippen molar-refractivity contribution in [1.82, 2.24) is 4.90 Å².